The van der Waals surface area contributed by atoms with E-state index >= 15 is 0 Å². The van der Waals surface area contributed by atoms with Gasteiger partial charge in [0, 0.05) is 6.42 Å². The van der Waals surface area contributed by atoms with Crippen molar-refractivity contribution < 1.29 is 9.53 Å². The fourth-order valence-corrected chi connectivity index (χ4v) is 2.89. The maximum atomic E-state index is 11.6. The zero-order chi connectivity index (χ0) is 21.3. The number of ether oxygens (including phenoxy) is 1. The Morgan fingerprint density at radius 3 is 1.66 bits per heavy atom. The van der Waals surface area contributed by atoms with Gasteiger partial charge in [-0.25, -0.2) is 0 Å². The summed E-state index contributed by atoms with van der Waals surface area (Å²) in [7, 11) is 0. The second kappa shape index (κ2) is 24.5. The zero-order valence-corrected chi connectivity index (χ0v) is 19.2. The Balaban J connectivity index is 3.43. The molecular formula is C27H46O2. The molecule has 2 heteroatoms. The van der Waals surface area contributed by atoms with Gasteiger partial charge in [-0.05, 0) is 51.4 Å². The van der Waals surface area contributed by atoms with Gasteiger partial charge in [0.2, 0.25) is 0 Å². The van der Waals surface area contributed by atoms with Crippen LogP contribution in [0.4, 0.5) is 0 Å². The number of esters is 1. The molecule has 0 fully saturated rings. The van der Waals surface area contributed by atoms with Gasteiger partial charge in [-0.15, -0.1) is 0 Å². The highest BCUT2D eigenvalue weighted by Crippen LogP contribution is 2.05. The van der Waals surface area contributed by atoms with Gasteiger partial charge in [0.05, 0.1) is 6.61 Å². The normalized spacial score (nSPS) is 12.2. The standard InChI is InChI=1S/C27H46O2/c1-3-5-7-9-10-11-12-13-14-15-16-17-18-19-20-21-23-25-27(28)29-26-24-22-8-6-4-2/h10-11,13-14,16-17,19-20H,3-9,12,15,18,21-26H2,1-2H3. The average Bonchev–Trinajstić information content (AvgIpc) is 2.73. The molecule has 0 radical (unpaired) electrons. The minimum absolute atomic E-state index is 0.0450. The minimum Gasteiger partial charge on any atom is -0.466 e. The summed E-state index contributed by atoms with van der Waals surface area (Å²) >= 11 is 0. The summed E-state index contributed by atoms with van der Waals surface area (Å²) in [6.45, 7) is 5.04. The topological polar surface area (TPSA) is 26.3 Å². The van der Waals surface area contributed by atoms with E-state index in [9.17, 15) is 4.79 Å². The largest absolute Gasteiger partial charge is 0.466 e. The molecule has 29 heavy (non-hydrogen) atoms. The molecule has 166 valence electrons. The Morgan fingerprint density at radius 2 is 1.07 bits per heavy atom. The van der Waals surface area contributed by atoms with Crippen LogP contribution in [0, 0.1) is 0 Å². The van der Waals surface area contributed by atoms with Gasteiger partial charge in [0.1, 0.15) is 0 Å². The summed E-state index contributed by atoms with van der Waals surface area (Å²) in [4.78, 5) is 11.6. The van der Waals surface area contributed by atoms with Crippen molar-refractivity contribution in [1.82, 2.24) is 0 Å². The lowest BCUT2D eigenvalue weighted by atomic mass is 10.2. The predicted molar refractivity (Wildman–Crippen MR) is 128 cm³/mol. The quantitative estimate of drug-likeness (QED) is 0.116. The number of carbonyl (C=O) groups excluding carboxylic acids is 1. The maximum absolute atomic E-state index is 11.6. The summed E-state index contributed by atoms with van der Waals surface area (Å²) in [5, 5.41) is 0. The highest BCUT2D eigenvalue weighted by Gasteiger charge is 2.01. The summed E-state index contributed by atoms with van der Waals surface area (Å²) in [5.74, 6) is -0.0450. The summed E-state index contributed by atoms with van der Waals surface area (Å²) in [6, 6.07) is 0. The molecule has 0 bridgehead atoms. The Morgan fingerprint density at radius 1 is 0.586 bits per heavy atom. The van der Waals surface area contributed by atoms with Crippen LogP contribution in [0.5, 0.6) is 0 Å². The first-order valence-electron chi connectivity index (χ1n) is 12.1. The van der Waals surface area contributed by atoms with Gasteiger partial charge in [-0.1, -0.05) is 101 Å². The molecule has 0 heterocycles. The molecule has 0 aliphatic carbocycles. The molecule has 0 unspecified atom stereocenters. The summed E-state index contributed by atoms with van der Waals surface area (Å²) in [6.07, 6.45) is 34.3. The fraction of sp³-hybridized carbons (Fsp3) is 0.667. The summed E-state index contributed by atoms with van der Waals surface area (Å²) < 4.78 is 5.27. The molecule has 0 amide bonds. The van der Waals surface area contributed by atoms with Crippen molar-refractivity contribution in [2.75, 3.05) is 6.61 Å². The SMILES string of the molecule is CCCCCC=CCC=CCC=CCC=CCCCC(=O)OCCCCCCC. The van der Waals surface area contributed by atoms with Gasteiger partial charge in [-0.3, -0.25) is 4.79 Å². The number of allylic oxidation sites excluding steroid dienone is 8. The highest BCUT2D eigenvalue weighted by molar-refractivity contribution is 5.69. The van der Waals surface area contributed by atoms with Crippen molar-refractivity contribution in [2.45, 2.75) is 110 Å². The molecule has 0 aliphatic rings. The maximum Gasteiger partial charge on any atom is 0.305 e. The highest BCUT2D eigenvalue weighted by atomic mass is 16.5. The first-order chi connectivity index (χ1) is 14.3. The molecule has 0 aromatic heterocycles. The molecule has 0 aromatic carbocycles. The molecule has 0 saturated heterocycles. The lowest BCUT2D eigenvalue weighted by Crippen LogP contribution is -2.05. The molecule has 0 saturated carbocycles. The molecule has 0 atom stereocenters. The van der Waals surface area contributed by atoms with E-state index in [-0.39, 0.29) is 5.97 Å². The van der Waals surface area contributed by atoms with E-state index in [1.54, 1.807) is 0 Å². The smallest absolute Gasteiger partial charge is 0.305 e. The van der Waals surface area contributed by atoms with E-state index in [0.29, 0.717) is 13.0 Å². The predicted octanol–water partition coefficient (Wildman–Crippen LogP) is 8.65. The second-order valence-corrected chi connectivity index (χ2v) is 7.62. The number of unbranched alkanes of at least 4 members (excludes halogenated alkanes) is 8. The molecule has 0 rings (SSSR count). The molecule has 0 N–H and O–H groups in total. The second-order valence-electron chi connectivity index (χ2n) is 7.62. The Bertz CT molecular complexity index is 457. The van der Waals surface area contributed by atoms with Gasteiger partial charge in [-0.2, -0.15) is 0 Å². The van der Waals surface area contributed by atoms with Crippen LogP contribution >= 0.6 is 0 Å². The van der Waals surface area contributed by atoms with Crippen molar-refractivity contribution in [3.63, 3.8) is 0 Å². The first-order valence-corrected chi connectivity index (χ1v) is 12.1. The van der Waals surface area contributed by atoms with Crippen molar-refractivity contribution in [2.24, 2.45) is 0 Å². The van der Waals surface area contributed by atoms with Crippen molar-refractivity contribution >= 4 is 5.97 Å². The van der Waals surface area contributed by atoms with E-state index in [0.717, 1.165) is 38.5 Å². The van der Waals surface area contributed by atoms with Crippen LogP contribution in [-0.2, 0) is 9.53 Å². The third-order valence-electron chi connectivity index (χ3n) is 4.72. The van der Waals surface area contributed by atoms with Crippen LogP contribution in [0.15, 0.2) is 48.6 Å². The molecular weight excluding hydrogens is 356 g/mol. The third-order valence-corrected chi connectivity index (χ3v) is 4.72. The van der Waals surface area contributed by atoms with Crippen LogP contribution in [-0.4, -0.2) is 12.6 Å². The van der Waals surface area contributed by atoms with Gasteiger partial charge in [0.15, 0.2) is 0 Å². The minimum atomic E-state index is -0.0450. The Labute approximate surface area is 181 Å². The summed E-state index contributed by atoms with van der Waals surface area (Å²) in [5.41, 5.74) is 0. The monoisotopic (exact) mass is 402 g/mol. The average molecular weight is 403 g/mol. The molecule has 0 aromatic rings. The lowest BCUT2D eigenvalue weighted by Gasteiger charge is -2.04. The van der Waals surface area contributed by atoms with Gasteiger partial charge < -0.3 is 4.74 Å². The lowest BCUT2D eigenvalue weighted by molar-refractivity contribution is -0.143. The Hall–Kier alpha value is -1.57. The number of carbonyl (C=O) groups is 1. The fourth-order valence-electron chi connectivity index (χ4n) is 2.89. The molecule has 0 aliphatic heterocycles. The van der Waals surface area contributed by atoms with Crippen LogP contribution in [0.1, 0.15) is 110 Å². The van der Waals surface area contributed by atoms with Crippen molar-refractivity contribution in [1.29, 1.82) is 0 Å². The van der Waals surface area contributed by atoms with Crippen LogP contribution in [0.3, 0.4) is 0 Å². The van der Waals surface area contributed by atoms with Crippen LogP contribution in [0.2, 0.25) is 0 Å². The van der Waals surface area contributed by atoms with Crippen LogP contribution < -0.4 is 0 Å². The molecule has 2 nitrogen and oxygen atoms in total. The van der Waals surface area contributed by atoms with E-state index in [2.05, 4.69) is 62.5 Å². The number of hydrogen-bond acceptors (Lipinski definition) is 2. The first kappa shape index (κ1) is 27.4. The van der Waals surface area contributed by atoms with Gasteiger partial charge >= 0.3 is 5.97 Å². The van der Waals surface area contributed by atoms with Crippen molar-refractivity contribution in [3.8, 4) is 0 Å². The number of rotatable bonds is 20. The van der Waals surface area contributed by atoms with E-state index in [4.69, 9.17) is 4.74 Å². The zero-order valence-electron chi connectivity index (χ0n) is 19.2. The Kier molecular flexibility index (Phi) is 23.1. The van der Waals surface area contributed by atoms with E-state index < -0.39 is 0 Å². The third kappa shape index (κ3) is 24.4. The van der Waals surface area contributed by atoms with Crippen LogP contribution in [0.25, 0.3) is 0 Å². The van der Waals surface area contributed by atoms with E-state index in [1.165, 1.54) is 51.4 Å². The van der Waals surface area contributed by atoms with Crippen molar-refractivity contribution in [3.05, 3.63) is 48.6 Å². The number of hydrogen-bond donors (Lipinski definition) is 0. The molecule has 0 spiro atoms. The van der Waals surface area contributed by atoms with E-state index in [1.807, 2.05) is 0 Å². The van der Waals surface area contributed by atoms with Gasteiger partial charge in [0.25, 0.3) is 0 Å².